The summed E-state index contributed by atoms with van der Waals surface area (Å²) >= 11 is 0. The van der Waals surface area contributed by atoms with Crippen LogP contribution >= 0.6 is 0 Å². The van der Waals surface area contributed by atoms with E-state index in [1.807, 2.05) is 0 Å². The molecule has 0 amide bonds. The summed E-state index contributed by atoms with van der Waals surface area (Å²) in [5.74, 6) is -0.0902. The third-order valence-corrected chi connectivity index (χ3v) is 5.25. The summed E-state index contributed by atoms with van der Waals surface area (Å²) in [6.07, 6.45) is 0.385. The highest BCUT2D eigenvalue weighted by Gasteiger charge is 2.16. The Bertz CT molecular complexity index is 637. The number of nitrogens with one attached hydrogen (secondary N) is 1. The molecule has 0 saturated carbocycles. The number of hydrogen-bond acceptors (Lipinski definition) is 5. The summed E-state index contributed by atoms with van der Waals surface area (Å²) < 4.78 is 46.3. The molecule has 0 saturated heterocycles. The van der Waals surface area contributed by atoms with Crippen molar-refractivity contribution >= 4 is 25.7 Å². The first-order chi connectivity index (χ1) is 9.13. The van der Waals surface area contributed by atoms with Crippen molar-refractivity contribution < 1.29 is 16.8 Å². The largest absolute Gasteiger partial charge is 0.385 e. The molecule has 0 bridgehead atoms. The van der Waals surface area contributed by atoms with Gasteiger partial charge in [0.1, 0.15) is 0 Å². The molecule has 7 nitrogen and oxygen atoms in total. The van der Waals surface area contributed by atoms with Gasteiger partial charge in [0.15, 0.2) is 0 Å². The first-order valence-corrected chi connectivity index (χ1v) is 9.05. The molecule has 0 heterocycles. The van der Waals surface area contributed by atoms with Gasteiger partial charge in [0.25, 0.3) is 0 Å². The lowest BCUT2D eigenvalue weighted by molar-refractivity contribution is 0.521. The highest BCUT2D eigenvalue weighted by atomic mass is 32.2. The van der Waals surface area contributed by atoms with Crippen LogP contribution in [0.25, 0.3) is 0 Å². The second kappa shape index (κ2) is 6.53. The van der Waals surface area contributed by atoms with E-state index in [0.717, 1.165) is 9.99 Å². The Balaban J connectivity index is 2.60. The predicted molar refractivity (Wildman–Crippen MR) is 78.4 cm³/mol. The lowest BCUT2D eigenvalue weighted by atomic mass is 10.3. The molecule has 0 aliphatic carbocycles. The number of benzene rings is 1. The van der Waals surface area contributed by atoms with Crippen LogP contribution in [0.1, 0.15) is 6.42 Å². The topological polar surface area (TPSA) is 110 Å². The second-order valence-electron chi connectivity index (χ2n) is 4.46. The van der Waals surface area contributed by atoms with Crippen LogP contribution in [0.2, 0.25) is 0 Å². The molecule has 3 N–H and O–H groups in total. The molecule has 0 radical (unpaired) electrons. The number of primary sulfonamides is 1. The molecule has 9 heteroatoms. The molecule has 1 aromatic carbocycles. The van der Waals surface area contributed by atoms with Crippen LogP contribution in [0.3, 0.4) is 0 Å². The van der Waals surface area contributed by atoms with E-state index in [2.05, 4.69) is 5.32 Å². The van der Waals surface area contributed by atoms with E-state index in [4.69, 9.17) is 5.14 Å². The molecule has 0 aromatic heterocycles. The van der Waals surface area contributed by atoms with Crippen molar-refractivity contribution in [2.24, 2.45) is 5.14 Å². The van der Waals surface area contributed by atoms with E-state index in [1.54, 1.807) is 12.1 Å². The molecule has 0 spiro atoms. The van der Waals surface area contributed by atoms with Crippen molar-refractivity contribution in [2.45, 2.75) is 11.3 Å². The van der Waals surface area contributed by atoms with Crippen LogP contribution < -0.4 is 10.5 Å². The Kier molecular flexibility index (Phi) is 5.51. The molecule has 20 heavy (non-hydrogen) atoms. The number of rotatable bonds is 7. The van der Waals surface area contributed by atoms with Gasteiger partial charge in [0.2, 0.25) is 20.0 Å². The molecule has 0 atom stereocenters. The zero-order chi connectivity index (χ0) is 15.4. The van der Waals surface area contributed by atoms with Crippen LogP contribution in [-0.2, 0) is 20.0 Å². The van der Waals surface area contributed by atoms with Crippen LogP contribution in [0.5, 0.6) is 0 Å². The molecule has 1 rings (SSSR count). The molecular weight excluding hydrogens is 302 g/mol. The zero-order valence-electron chi connectivity index (χ0n) is 11.4. The van der Waals surface area contributed by atoms with Crippen molar-refractivity contribution in [3.63, 3.8) is 0 Å². The minimum absolute atomic E-state index is 0.0902. The Morgan fingerprint density at radius 1 is 1.10 bits per heavy atom. The number of anilines is 1. The SMILES string of the molecule is CN(C)S(=O)(=O)c1ccc(NCCCS(N)(=O)=O)cc1. The van der Waals surface area contributed by atoms with Gasteiger partial charge in [-0.25, -0.2) is 26.3 Å². The maximum atomic E-state index is 11.8. The van der Waals surface area contributed by atoms with E-state index < -0.39 is 20.0 Å². The van der Waals surface area contributed by atoms with Gasteiger partial charge in [-0.15, -0.1) is 0 Å². The average Bonchev–Trinajstić information content (AvgIpc) is 2.34. The van der Waals surface area contributed by atoms with E-state index in [9.17, 15) is 16.8 Å². The van der Waals surface area contributed by atoms with Crippen molar-refractivity contribution in [1.29, 1.82) is 0 Å². The van der Waals surface area contributed by atoms with Gasteiger partial charge in [-0.2, -0.15) is 0 Å². The maximum absolute atomic E-state index is 11.8. The second-order valence-corrected chi connectivity index (χ2v) is 8.34. The lowest BCUT2D eigenvalue weighted by Gasteiger charge is -2.12. The summed E-state index contributed by atoms with van der Waals surface area (Å²) in [6.45, 7) is 0.441. The minimum atomic E-state index is -3.44. The third-order valence-electron chi connectivity index (χ3n) is 2.57. The standard InChI is InChI=1S/C11H19N3O4S2/c1-14(2)20(17,18)11-6-4-10(5-7-11)13-8-3-9-19(12,15)16/h4-7,13H,3,8-9H2,1-2H3,(H2,12,15,16). The molecule has 0 aliphatic heterocycles. The van der Waals surface area contributed by atoms with Crippen molar-refractivity contribution in [2.75, 3.05) is 31.7 Å². The minimum Gasteiger partial charge on any atom is -0.385 e. The van der Waals surface area contributed by atoms with Gasteiger partial charge < -0.3 is 5.32 Å². The van der Waals surface area contributed by atoms with Gasteiger partial charge in [-0.3, -0.25) is 0 Å². The average molecular weight is 321 g/mol. The smallest absolute Gasteiger partial charge is 0.242 e. The first kappa shape index (κ1) is 16.9. The number of hydrogen-bond donors (Lipinski definition) is 2. The Hall–Kier alpha value is -1.16. The number of nitrogens with two attached hydrogens (primary N) is 1. The summed E-state index contributed by atoms with van der Waals surface area (Å²) in [7, 11) is -3.93. The van der Waals surface area contributed by atoms with Crippen molar-refractivity contribution in [1.82, 2.24) is 4.31 Å². The summed E-state index contributed by atoms with van der Waals surface area (Å²) in [5.41, 5.74) is 0.720. The fourth-order valence-electron chi connectivity index (χ4n) is 1.46. The van der Waals surface area contributed by atoms with Gasteiger partial charge in [-0.1, -0.05) is 0 Å². The first-order valence-electron chi connectivity index (χ1n) is 5.90. The molecule has 0 aliphatic rings. The van der Waals surface area contributed by atoms with E-state index >= 15 is 0 Å². The van der Waals surface area contributed by atoms with Crippen LogP contribution in [0.15, 0.2) is 29.2 Å². The summed E-state index contributed by atoms with van der Waals surface area (Å²) in [6, 6.07) is 6.26. The van der Waals surface area contributed by atoms with Gasteiger partial charge in [0.05, 0.1) is 10.6 Å². The van der Waals surface area contributed by atoms with Crippen molar-refractivity contribution in [3.05, 3.63) is 24.3 Å². The number of sulfonamides is 2. The maximum Gasteiger partial charge on any atom is 0.242 e. The summed E-state index contributed by atoms with van der Waals surface area (Å²) in [4.78, 5) is 0.206. The van der Waals surface area contributed by atoms with Crippen molar-refractivity contribution in [3.8, 4) is 0 Å². The van der Waals surface area contributed by atoms with Gasteiger partial charge in [-0.05, 0) is 30.7 Å². The van der Waals surface area contributed by atoms with E-state index in [0.29, 0.717) is 13.0 Å². The van der Waals surface area contributed by atoms with Crippen LogP contribution in [-0.4, -0.2) is 47.5 Å². The highest BCUT2D eigenvalue weighted by Crippen LogP contribution is 2.16. The van der Waals surface area contributed by atoms with Gasteiger partial charge >= 0.3 is 0 Å². The molecular formula is C11H19N3O4S2. The summed E-state index contributed by atoms with van der Waals surface area (Å²) in [5, 5.41) is 7.88. The molecule has 0 unspecified atom stereocenters. The molecule has 114 valence electrons. The highest BCUT2D eigenvalue weighted by molar-refractivity contribution is 7.89. The Morgan fingerprint density at radius 2 is 1.65 bits per heavy atom. The number of nitrogens with zero attached hydrogens (tertiary/aromatic N) is 1. The fourth-order valence-corrected chi connectivity index (χ4v) is 2.91. The zero-order valence-corrected chi connectivity index (χ0v) is 13.0. The molecule has 0 fully saturated rings. The van der Waals surface area contributed by atoms with Crippen LogP contribution in [0, 0.1) is 0 Å². The Morgan fingerprint density at radius 3 is 2.10 bits per heavy atom. The fraction of sp³-hybridized carbons (Fsp3) is 0.455. The molecule has 1 aromatic rings. The van der Waals surface area contributed by atoms with E-state index in [1.165, 1.54) is 26.2 Å². The monoisotopic (exact) mass is 321 g/mol. The van der Waals surface area contributed by atoms with E-state index in [-0.39, 0.29) is 10.6 Å². The van der Waals surface area contributed by atoms with Gasteiger partial charge in [0, 0.05) is 26.3 Å². The third kappa shape index (κ3) is 5.08. The Labute approximate surface area is 119 Å². The van der Waals surface area contributed by atoms with Crippen LogP contribution in [0.4, 0.5) is 5.69 Å². The lowest BCUT2D eigenvalue weighted by Crippen LogP contribution is -2.22. The normalized spacial score (nSPS) is 12.6. The quantitative estimate of drug-likeness (QED) is 0.688. The predicted octanol–water partition coefficient (Wildman–Crippen LogP) is 0.0274.